The molecule has 0 bridgehead atoms. The van der Waals surface area contributed by atoms with Crippen molar-refractivity contribution in [3.63, 3.8) is 0 Å². The number of nitrogens with one attached hydrogen (secondary N) is 1. The number of rotatable bonds is 6. The summed E-state index contributed by atoms with van der Waals surface area (Å²) in [6.07, 6.45) is 5.43. The number of nitrogens with zero attached hydrogens (tertiary/aromatic N) is 2. The Kier molecular flexibility index (Phi) is 6.19. The fraction of sp³-hybridized carbons (Fsp3) is 0.647. The largest absolute Gasteiger partial charge is 0.396 e. The quantitative estimate of drug-likeness (QED) is 0.846. The molecule has 0 spiro atoms. The third-order valence-electron chi connectivity index (χ3n) is 4.42. The summed E-state index contributed by atoms with van der Waals surface area (Å²) >= 11 is 0. The summed E-state index contributed by atoms with van der Waals surface area (Å²) in [4.78, 5) is 18.9. The lowest BCUT2D eigenvalue weighted by Crippen LogP contribution is -2.35. The van der Waals surface area contributed by atoms with Crippen LogP contribution >= 0.6 is 0 Å². The number of anilines is 1. The van der Waals surface area contributed by atoms with E-state index in [2.05, 4.69) is 22.1 Å². The molecule has 1 amide bonds. The summed E-state index contributed by atoms with van der Waals surface area (Å²) in [5, 5.41) is 11.9. The molecule has 0 aliphatic carbocycles. The minimum atomic E-state index is -0.119. The van der Waals surface area contributed by atoms with Crippen LogP contribution in [-0.4, -0.2) is 41.7 Å². The molecule has 2 N–H and O–H groups in total. The fourth-order valence-electron chi connectivity index (χ4n) is 2.75. The third-order valence-corrected chi connectivity index (χ3v) is 4.42. The van der Waals surface area contributed by atoms with E-state index in [4.69, 9.17) is 5.11 Å². The van der Waals surface area contributed by atoms with E-state index >= 15 is 0 Å². The van der Waals surface area contributed by atoms with E-state index in [-0.39, 0.29) is 18.6 Å². The first kappa shape index (κ1) is 16.7. The smallest absolute Gasteiger partial charge is 0.253 e. The molecule has 1 aliphatic rings. The van der Waals surface area contributed by atoms with Gasteiger partial charge in [-0.2, -0.15) is 0 Å². The number of hydrogen-bond donors (Lipinski definition) is 2. The standard InChI is InChI=1S/C17H27N3O2/c1-3-15(8-11-21)19-17(22)14-4-5-16(18-12-14)20-9-6-13(2)7-10-20/h4-5,12-13,15,21H,3,6-11H2,1-2H3,(H,19,22). The highest BCUT2D eigenvalue weighted by Gasteiger charge is 2.17. The van der Waals surface area contributed by atoms with Gasteiger partial charge in [-0.25, -0.2) is 4.98 Å². The fourth-order valence-corrected chi connectivity index (χ4v) is 2.75. The van der Waals surface area contributed by atoms with Crippen LogP contribution in [0.5, 0.6) is 0 Å². The van der Waals surface area contributed by atoms with Crippen LogP contribution in [-0.2, 0) is 0 Å². The van der Waals surface area contributed by atoms with Crippen LogP contribution in [0.1, 0.15) is 49.9 Å². The molecule has 22 heavy (non-hydrogen) atoms. The molecule has 1 unspecified atom stereocenters. The molecular weight excluding hydrogens is 278 g/mol. The van der Waals surface area contributed by atoms with Crippen molar-refractivity contribution in [2.75, 3.05) is 24.6 Å². The van der Waals surface area contributed by atoms with Crippen molar-refractivity contribution in [2.45, 2.75) is 45.6 Å². The Labute approximate surface area is 132 Å². The van der Waals surface area contributed by atoms with Gasteiger partial charge in [-0.15, -0.1) is 0 Å². The number of aromatic nitrogens is 1. The van der Waals surface area contributed by atoms with Gasteiger partial charge in [-0.1, -0.05) is 13.8 Å². The summed E-state index contributed by atoms with van der Waals surface area (Å²) in [5.74, 6) is 1.62. The minimum absolute atomic E-state index is 0.0146. The third kappa shape index (κ3) is 4.44. The average molecular weight is 305 g/mol. The van der Waals surface area contributed by atoms with Gasteiger partial charge in [-0.05, 0) is 43.7 Å². The lowest BCUT2D eigenvalue weighted by molar-refractivity contribution is 0.0929. The van der Waals surface area contributed by atoms with Crippen molar-refractivity contribution in [3.8, 4) is 0 Å². The van der Waals surface area contributed by atoms with Crippen LogP contribution in [0.3, 0.4) is 0 Å². The predicted octanol–water partition coefficient (Wildman–Crippen LogP) is 2.21. The number of pyridine rings is 1. The number of carbonyl (C=O) groups is 1. The van der Waals surface area contributed by atoms with Crippen LogP contribution in [0, 0.1) is 5.92 Å². The van der Waals surface area contributed by atoms with E-state index in [1.807, 2.05) is 19.1 Å². The lowest BCUT2D eigenvalue weighted by Gasteiger charge is -2.31. The summed E-state index contributed by atoms with van der Waals surface area (Å²) in [6, 6.07) is 3.78. The summed E-state index contributed by atoms with van der Waals surface area (Å²) in [5.41, 5.74) is 0.575. The molecular formula is C17H27N3O2. The zero-order valence-corrected chi connectivity index (χ0v) is 13.6. The van der Waals surface area contributed by atoms with Gasteiger partial charge in [0.2, 0.25) is 0 Å². The van der Waals surface area contributed by atoms with Crippen molar-refractivity contribution in [3.05, 3.63) is 23.9 Å². The Balaban J connectivity index is 1.94. The van der Waals surface area contributed by atoms with Gasteiger partial charge in [-0.3, -0.25) is 4.79 Å². The normalized spacial score (nSPS) is 17.3. The molecule has 0 saturated carbocycles. The summed E-state index contributed by atoms with van der Waals surface area (Å²) in [7, 11) is 0. The maximum atomic E-state index is 12.2. The van der Waals surface area contributed by atoms with Gasteiger partial charge >= 0.3 is 0 Å². The SMILES string of the molecule is CCC(CCO)NC(=O)c1ccc(N2CCC(C)CC2)nc1. The Morgan fingerprint density at radius 2 is 2.18 bits per heavy atom. The van der Waals surface area contributed by atoms with Gasteiger partial charge in [0, 0.05) is 31.9 Å². The first-order chi connectivity index (χ1) is 10.6. The number of hydrogen-bond acceptors (Lipinski definition) is 4. The van der Waals surface area contributed by atoms with E-state index in [9.17, 15) is 4.79 Å². The average Bonchev–Trinajstić information content (AvgIpc) is 2.55. The second-order valence-corrected chi connectivity index (χ2v) is 6.17. The molecule has 0 aromatic carbocycles. The van der Waals surface area contributed by atoms with Gasteiger partial charge in [0.15, 0.2) is 0 Å². The van der Waals surface area contributed by atoms with Gasteiger partial charge in [0.05, 0.1) is 5.56 Å². The molecule has 1 aromatic rings. The van der Waals surface area contributed by atoms with E-state index < -0.39 is 0 Å². The highest BCUT2D eigenvalue weighted by atomic mass is 16.3. The Hall–Kier alpha value is -1.62. The molecule has 1 saturated heterocycles. The molecule has 2 heterocycles. The van der Waals surface area contributed by atoms with Gasteiger partial charge < -0.3 is 15.3 Å². The number of amides is 1. The highest BCUT2D eigenvalue weighted by molar-refractivity contribution is 5.94. The van der Waals surface area contributed by atoms with Gasteiger partial charge in [0.1, 0.15) is 5.82 Å². The number of carbonyl (C=O) groups excluding carboxylic acids is 1. The molecule has 0 radical (unpaired) electrons. The molecule has 2 rings (SSSR count). The predicted molar refractivity (Wildman–Crippen MR) is 88.1 cm³/mol. The van der Waals surface area contributed by atoms with E-state index in [1.54, 1.807) is 6.20 Å². The van der Waals surface area contributed by atoms with Crippen molar-refractivity contribution in [1.82, 2.24) is 10.3 Å². The van der Waals surface area contributed by atoms with Crippen LogP contribution < -0.4 is 10.2 Å². The zero-order valence-electron chi connectivity index (χ0n) is 13.6. The monoisotopic (exact) mass is 305 g/mol. The molecule has 5 nitrogen and oxygen atoms in total. The number of piperidine rings is 1. The first-order valence-corrected chi connectivity index (χ1v) is 8.26. The molecule has 1 aliphatic heterocycles. The zero-order chi connectivity index (χ0) is 15.9. The van der Waals surface area contributed by atoms with Crippen LogP contribution in [0.2, 0.25) is 0 Å². The molecule has 1 atom stereocenters. The van der Waals surface area contributed by atoms with E-state index in [0.717, 1.165) is 31.2 Å². The lowest BCUT2D eigenvalue weighted by atomic mass is 9.99. The van der Waals surface area contributed by atoms with Crippen molar-refractivity contribution < 1.29 is 9.90 Å². The van der Waals surface area contributed by atoms with Crippen LogP contribution in [0.4, 0.5) is 5.82 Å². The Morgan fingerprint density at radius 3 is 2.73 bits per heavy atom. The van der Waals surface area contributed by atoms with Crippen molar-refractivity contribution in [2.24, 2.45) is 5.92 Å². The molecule has 122 valence electrons. The maximum absolute atomic E-state index is 12.2. The van der Waals surface area contributed by atoms with Crippen molar-refractivity contribution in [1.29, 1.82) is 0 Å². The topological polar surface area (TPSA) is 65.5 Å². The molecule has 5 heteroatoms. The maximum Gasteiger partial charge on any atom is 0.253 e. The summed E-state index contributed by atoms with van der Waals surface area (Å²) < 4.78 is 0. The second kappa shape index (κ2) is 8.13. The Morgan fingerprint density at radius 1 is 1.45 bits per heavy atom. The number of aliphatic hydroxyl groups excluding tert-OH is 1. The van der Waals surface area contributed by atoms with Crippen LogP contribution in [0.15, 0.2) is 18.3 Å². The highest BCUT2D eigenvalue weighted by Crippen LogP contribution is 2.21. The van der Waals surface area contributed by atoms with E-state index in [0.29, 0.717) is 12.0 Å². The molecule has 1 aromatic heterocycles. The van der Waals surface area contributed by atoms with Crippen LogP contribution in [0.25, 0.3) is 0 Å². The second-order valence-electron chi connectivity index (χ2n) is 6.17. The number of aliphatic hydroxyl groups is 1. The van der Waals surface area contributed by atoms with Crippen molar-refractivity contribution >= 4 is 11.7 Å². The van der Waals surface area contributed by atoms with E-state index in [1.165, 1.54) is 12.8 Å². The molecule has 1 fully saturated rings. The Bertz CT molecular complexity index is 467. The first-order valence-electron chi connectivity index (χ1n) is 8.26. The minimum Gasteiger partial charge on any atom is -0.396 e. The van der Waals surface area contributed by atoms with Gasteiger partial charge in [0.25, 0.3) is 5.91 Å². The summed E-state index contributed by atoms with van der Waals surface area (Å²) in [6.45, 7) is 6.44.